The molecule has 1 fully saturated rings. The monoisotopic (exact) mass is 552 g/mol. The summed E-state index contributed by atoms with van der Waals surface area (Å²) < 4.78 is 30.1. The van der Waals surface area contributed by atoms with Gasteiger partial charge in [0.15, 0.2) is 5.96 Å². The molecule has 9 heteroatoms. The van der Waals surface area contributed by atoms with Crippen molar-refractivity contribution < 1.29 is 8.78 Å². The van der Waals surface area contributed by atoms with Gasteiger partial charge in [-0.2, -0.15) is 5.10 Å². The second kappa shape index (κ2) is 11.3. The number of anilines is 1. The second-order valence-electron chi connectivity index (χ2n) is 7.54. The van der Waals surface area contributed by atoms with Gasteiger partial charge in [0.25, 0.3) is 0 Å². The Bertz CT molecular complexity index is 1020. The number of halogens is 3. The molecule has 2 aromatic carbocycles. The Morgan fingerprint density at radius 3 is 2.53 bits per heavy atom. The fourth-order valence-electron chi connectivity index (χ4n) is 3.89. The quantitative estimate of drug-likeness (QED) is 0.278. The molecule has 170 valence electrons. The van der Waals surface area contributed by atoms with Gasteiger partial charge in [0.05, 0.1) is 6.54 Å². The van der Waals surface area contributed by atoms with E-state index in [1.807, 2.05) is 29.1 Å². The van der Waals surface area contributed by atoms with E-state index in [0.717, 1.165) is 12.0 Å². The van der Waals surface area contributed by atoms with Gasteiger partial charge in [-0.05, 0) is 35.7 Å². The van der Waals surface area contributed by atoms with Crippen molar-refractivity contribution in [2.75, 3.05) is 25.0 Å². The normalized spacial score (nSPS) is 16.0. The van der Waals surface area contributed by atoms with Crippen molar-refractivity contribution in [2.24, 2.45) is 4.99 Å². The molecule has 2 heterocycles. The lowest BCUT2D eigenvalue weighted by Crippen LogP contribution is -2.44. The van der Waals surface area contributed by atoms with Crippen LogP contribution in [0, 0.1) is 11.6 Å². The Kier molecular flexibility index (Phi) is 8.43. The molecule has 6 nitrogen and oxygen atoms in total. The van der Waals surface area contributed by atoms with Crippen LogP contribution in [-0.4, -0.2) is 41.9 Å². The van der Waals surface area contributed by atoms with Crippen molar-refractivity contribution in [2.45, 2.75) is 25.6 Å². The molecule has 1 atom stereocenters. The zero-order valence-electron chi connectivity index (χ0n) is 17.8. The molecule has 3 aromatic rings. The Labute approximate surface area is 203 Å². The standard InChI is InChI=1S/C23H26F2N6.HI/c1-26-23(27-14-17-6-2-3-7-18(17)15-31-12-5-11-28-31)29-19-10-13-30(16-19)22-20(24)8-4-9-21(22)25;/h2-9,11-12,19H,10,13-16H2,1H3,(H2,26,27,29);1H. The number of benzene rings is 2. The van der Waals surface area contributed by atoms with E-state index in [2.05, 4.69) is 32.9 Å². The van der Waals surface area contributed by atoms with Crippen LogP contribution in [0.25, 0.3) is 0 Å². The lowest BCUT2D eigenvalue weighted by atomic mass is 10.1. The van der Waals surface area contributed by atoms with E-state index >= 15 is 0 Å². The summed E-state index contributed by atoms with van der Waals surface area (Å²) in [7, 11) is 1.72. The molecule has 0 aliphatic carbocycles. The number of nitrogens with one attached hydrogen (secondary N) is 2. The highest BCUT2D eigenvalue weighted by molar-refractivity contribution is 14.0. The van der Waals surface area contributed by atoms with Gasteiger partial charge in [-0.25, -0.2) is 8.78 Å². The van der Waals surface area contributed by atoms with E-state index in [1.54, 1.807) is 18.1 Å². The number of hydrogen-bond acceptors (Lipinski definition) is 3. The van der Waals surface area contributed by atoms with Gasteiger partial charge in [0.1, 0.15) is 17.3 Å². The third-order valence-corrected chi connectivity index (χ3v) is 5.46. The molecule has 1 saturated heterocycles. The first-order chi connectivity index (χ1) is 15.1. The van der Waals surface area contributed by atoms with Crippen LogP contribution in [-0.2, 0) is 13.1 Å². The van der Waals surface area contributed by atoms with Gasteiger partial charge in [-0.3, -0.25) is 9.67 Å². The zero-order valence-corrected chi connectivity index (χ0v) is 20.2. The van der Waals surface area contributed by atoms with Crippen LogP contribution in [0.1, 0.15) is 17.5 Å². The first kappa shape index (κ1) is 24.0. The topological polar surface area (TPSA) is 57.5 Å². The highest BCUT2D eigenvalue weighted by Gasteiger charge is 2.27. The SMILES string of the molecule is CN=C(NCc1ccccc1Cn1cccn1)NC1CCN(c2c(F)cccc2F)C1.I. The zero-order chi connectivity index (χ0) is 21.6. The van der Waals surface area contributed by atoms with Crippen LogP contribution in [0.4, 0.5) is 14.5 Å². The van der Waals surface area contributed by atoms with Crippen LogP contribution >= 0.6 is 24.0 Å². The van der Waals surface area contributed by atoms with Crippen LogP contribution in [0.15, 0.2) is 65.9 Å². The summed E-state index contributed by atoms with van der Waals surface area (Å²) in [6, 6.07) is 14.1. The molecule has 4 rings (SSSR count). The van der Waals surface area contributed by atoms with Gasteiger partial charge < -0.3 is 15.5 Å². The third kappa shape index (κ3) is 5.76. The molecule has 2 N–H and O–H groups in total. The average molecular weight is 552 g/mol. The minimum atomic E-state index is -0.531. The molecule has 0 radical (unpaired) electrons. The highest BCUT2D eigenvalue weighted by atomic mass is 127. The van der Waals surface area contributed by atoms with E-state index in [9.17, 15) is 8.78 Å². The van der Waals surface area contributed by atoms with Gasteiger partial charge >= 0.3 is 0 Å². The highest BCUT2D eigenvalue weighted by Crippen LogP contribution is 2.26. The van der Waals surface area contributed by atoms with Crippen LogP contribution in [0.5, 0.6) is 0 Å². The van der Waals surface area contributed by atoms with E-state index in [4.69, 9.17) is 0 Å². The largest absolute Gasteiger partial charge is 0.365 e. The summed E-state index contributed by atoms with van der Waals surface area (Å²) in [5.41, 5.74) is 2.38. The predicted octanol–water partition coefficient (Wildman–Crippen LogP) is 3.77. The lowest BCUT2D eigenvalue weighted by molar-refractivity contribution is 0.576. The maximum absolute atomic E-state index is 14.1. The Morgan fingerprint density at radius 2 is 1.84 bits per heavy atom. The van der Waals surface area contributed by atoms with Crippen molar-refractivity contribution in [3.63, 3.8) is 0 Å². The molecule has 1 unspecified atom stereocenters. The van der Waals surface area contributed by atoms with Crippen molar-refractivity contribution in [3.05, 3.63) is 83.7 Å². The number of nitrogens with zero attached hydrogens (tertiary/aromatic N) is 4. The first-order valence-electron chi connectivity index (χ1n) is 10.3. The molecule has 1 aliphatic rings. The Hall–Kier alpha value is -2.69. The Balaban J connectivity index is 0.00000289. The molecule has 0 spiro atoms. The smallest absolute Gasteiger partial charge is 0.191 e. The number of aromatic nitrogens is 2. The number of aliphatic imine (C=N–C) groups is 1. The maximum atomic E-state index is 14.1. The number of rotatable bonds is 6. The summed E-state index contributed by atoms with van der Waals surface area (Å²) in [5, 5.41) is 11.0. The maximum Gasteiger partial charge on any atom is 0.191 e. The van der Waals surface area contributed by atoms with Crippen molar-refractivity contribution >= 4 is 35.6 Å². The molecular weight excluding hydrogens is 525 g/mol. The summed E-state index contributed by atoms with van der Waals surface area (Å²) in [6.07, 6.45) is 4.48. The van der Waals surface area contributed by atoms with Gasteiger partial charge in [0, 0.05) is 45.1 Å². The Morgan fingerprint density at radius 1 is 1.09 bits per heavy atom. The average Bonchev–Trinajstić information content (AvgIpc) is 3.44. The van der Waals surface area contributed by atoms with Crippen LogP contribution < -0.4 is 15.5 Å². The van der Waals surface area contributed by atoms with Crippen molar-refractivity contribution in [3.8, 4) is 0 Å². The number of guanidine groups is 1. The lowest BCUT2D eigenvalue weighted by Gasteiger charge is -2.21. The van der Waals surface area contributed by atoms with E-state index in [-0.39, 0.29) is 35.7 Å². The molecule has 0 bridgehead atoms. The fourth-order valence-corrected chi connectivity index (χ4v) is 3.89. The summed E-state index contributed by atoms with van der Waals surface area (Å²) in [6.45, 7) is 2.39. The molecule has 32 heavy (non-hydrogen) atoms. The van der Waals surface area contributed by atoms with Crippen LogP contribution in [0.2, 0.25) is 0 Å². The molecule has 0 amide bonds. The van der Waals surface area contributed by atoms with E-state index in [0.29, 0.717) is 32.1 Å². The van der Waals surface area contributed by atoms with Crippen molar-refractivity contribution in [1.82, 2.24) is 20.4 Å². The third-order valence-electron chi connectivity index (χ3n) is 5.46. The molecule has 1 aromatic heterocycles. The first-order valence-corrected chi connectivity index (χ1v) is 10.3. The van der Waals surface area contributed by atoms with E-state index in [1.165, 1.54) is 23.8 Å². The summed E-state index contributed by atoms with van der Waals surface area (Å²) in [5.74, 6) is -0.399. The minimum Gasteiger partial charge on any atom is -0.365 e. The molecule has 0 saturated carbocycles. The molecule has 1 aliphatic heterocycles. The summed E-state index contributed by atoms with van der Waals surface area (Å²) in [4.78, 5) is 6.06. The van der Waals surface area contributed by atoms with Crippen LogP contribution in [0.3, 0.4) is 0 Å². The molecular formula is C23H27F2IN6. The number of hydrogen-bond donors (Lipinski definition) is 2. The van der Waals surface area contributed by atoms with Gasteiger partial charge in [-0.15, -0.1) is 24.0 Å². The number of para-hydroxylation sites is 1. The fraction of sp³-hybridized carbons (Fsp3) is 0.304. The van der Waals surface area contributed by atoms with Gasteiger partial charge in [-0.1, -0.05) is 30.3 Å². The van der Waals surface area contributed by atoms with Gasteiger partial charge in [0.2, 0.25) is 0 Å². The predicted molar refractivity (Wildman–Crippen MR) is 133 cm³/mol. The van der Waals surface area contributed by atoms with Crippen molar-refractivity contribution in [1.29, 1.82) is 0 Å². The second-order valence-corrected chi connectivity index (χ2v) is 7.54. The minimum absolute atomic E-state index is 0. The van der Waals surface area contributed by atoms with E-state index < -0.39 is 11.6 Å². The summed E-state index contributed by atoms with van der Waals surface area (Å²) >= 11 is 0.